The fraction of sp³-hybridized carbons (Fsp3) is 0.278. The van der Waals surface area contributed by atoms with Gasteiger partial charge in [0.25, 0.3) is 0 Å². The topological polar surface area (TPSA) is 101 Å². The smallest absolute Gasteiger partial charge is 0.192 e. The lowest BCUT2D eigenvalue weighted by Gasteiger charge is -2.09. The van der Waals surface area contributed by atoms with Gasteiger partial charge in [-0.3, -0.25) is 4.68 Å². The summed E-state index contributed by atoms with van der Waals surface area (Å²) in [5.41, 5.74) is 2.98. The Hall–Kier alpha value is -3.69. The van der Waals surface area contributed by atoms with Crippen molar-refractivity contribution in [3.05, 3.63) is 42.1 Å². The van der Waals surface area contributed by atoms with Gasteiger partial charge >= 0.3 is 0 Å². The van der Waals surface area contributed by atoms with Crippen LogP contribution in [0.15, 0.2) is 35.9 Å². The Morgan fingerprint density at radius 3 is 2.75 bits per heavy atom. The van der Waals surface area contributed by atoms with Crippen molar-refractivity contribution in [1.29, 1.82) is 0 Å². The molecule has 3 aromatic heterocycles. The van der Waals surface area contributed by atoms with Gasteiger partial charge in [0.15, 0.2) is 35.2 Å². The largest absolute Gasteiger partial charge is 0.493 e. The van der Waals surface area contributed by atoms with Gasteiger partial charge in [-0.15, -0.1) is 5.10 Å². The highest BCUT2D eigenvalue weighted by atomic mass is 16.6. The normalized spacial score (nSPS) is 11.9. The maximum absolute atomic E-state index is 5.45. The standard InChI is InChI=1S/C18H19N7O3/c1-11(12-5-6-14(26-3)15(7-12)27-4)23-28-9-16-21-18-13-8-20-24(2)17(13)19-10-25(18)22-16/h5-8,10H,9H2,1-4H3/b23-11-. The van der Waals surface area contributed by atoms with E-state index in [9.17, 15) is 0 Å². The van der Waals surface area contributed by atoms with Crippen LogP contribution in [0, 0.1) is 0 Å². The van der Waals surface area contributed by atoms with E-state index >= 15 is 0 Å². The number of hydrogen-bond acceptors (Lipinski definition) is 8. The van der Waals surface area contributed by atoms with Crippen LogP contribution >= 0.6 is 0 Å². The molecule has 0 aliphatic rings. The van der Waals surface area contributed by atoms with E-state index in [-0.39, 0.29) is 6.61 Å². The third-order valence-electron chi connectivity index (χ3n) is 4.31. The lowest BCUT2D eigenvalue weighted by atomic mass is 10.1. The molecule has 0 aliphatic carbocycles. The minimum absolute atomic E-state index is 0.133. The molecule has 0 radical (unpaired) electrons. The van der Waals surface area contributed by atoms with Crippen LogP contribution in [-0.4, -0.2) is 49.3 Å². The fourth-order valence-electron chi connectivity index (χ4n) is 2.84. The molecule has 0 spiro atoms. The monoisotopic (exact) mass is 381 g/mol. The molecule has 4 aromatic rings. The molecular weight excluding hydrogens is 362 g/mol. The first kappa shape index (κ1) is 17.7. The minimum Gasteiger partial charge on any atom is -0.493 e. The van der Waals surface area contributed by atoms with Crippen LogP contribution < -0.4 is 9.47 Å². The van der Waals surface area contributed by atoms with Crippen LogP contribution in [0.25, 0.3) is 16.7 Å². The summed E-state index contributed by atoms with van der Waals surface area (Å²) in [6.07, 6.45) is 3.32. The molecule has 0 N–H and O–H groups in total. The summed E-state index contributed by atoms with van der Waals surface area (Å²) in [6.45, 7) is 1.98. The van der Waals surface area contributed by atoms with Crippen LogP contribution in [0.1, 0.15) is 18.3 Å². The Kier molecular flexibility index (Phi) is 4.52. The summed E-state index contributed by atoms with van der Waals surface area (Å²) in [7, 11) is 5.02. The van der Waals surface area contributed by atoms with E-state index in [4.69, 9.17) is 14.3 Å². The third kappa shape index (κ3) is 3.08. The van der Waals surface area contributed by atoms with Crippen molar-refractivity contribution in [3.8, 4) is 11.5 Å². The van der Waals surface area contributed by atoms with Gasteiger partial charge in [-0.05, 0) is 25.1 Å². The Balaban J connectivity index is 1.52. The van der Waals surface area contributed by atoms with Gasteiger partial charge < -0.3 is 14.3 Å². The predicted octanol–water partition coefficient (Wildman–Crippen LogP) is 1.97. The Bertz CT molecular complexity index is 1180. The van der Waals surface area contributed by atoms with E-state index in [1.807, 2.05) is 32.2 Å². The van der Waals surface area contributed by atoms with Crippen LogP contribution in [0.3, 0.4) is 0 Å². The molecule has 144 valence electrons. The molecule has 1 aromatic carbocycles. The van der Waals surface area contributed by atoms with Crippen molar-refractivity contribution < 1.29 is 14.3 Å². The van der Waals surface area contributed by atoms with Gasteiger partial charge in [-0.1, -0.05) is 5.16 Å². The highest BCUT2D eigenvalue weighted by Gasteiger charge is 2.12. The summed E-state index contributed by atoms with van der Waals surface area (Å²) in [6, 6.07) is 5.55. The van der Waals surface area contributed by atoms with Crippen LogP contribution in [0.4, 0.5) is 0 Å². The van der Waals surface area contributed by atoms with Crippen molar-refractivity contribution in [2.45, 2.75) is 13.5 Å². The number of rotatable bonds is 6. The number of hydrogen-bond donors (Lipinski definition) is 0. The first-order chi connectivity index (χ1) is 13.6. The van der Waals surface area contributed by atoms with Crippen molar-refractivity contribution in [2.75, 3.05) is 14.2 Å². The molecule has 0 bridgehead atoms. The molecule has 0 atom stereocenters. The zero-order valence-electron chi connectivity index (χ0n) is 15.9. The van der Waals surface area contributed by atoms with Crippen molar-refractivity contribution in [3.63, 3.8) is 0 Å². The number of ether oxygens (including phenoxy) is 2. The van der Waals surface area contributed by atoms with Gasteiger partial charge in [-0.2, -0.15) is 5.10 Å². The molecule has 10 heteroatoms. The SMILES string of the molecule is COc1ccc(/C(C)=N\OCc2nc3c4cnn(C)c4ncn3n2)cc1OC. The molecule has 4 rings (SSSR count). The first-order valence-electron chi connectivity index (χ1n) is 8.51. The van der Waals surface area contributed by atoms with Crippen molar-refractivity contribution in [1.82, 2.24) is 29.4 Å². The second-order valence-corrected chi connectivity index (χ2v) is 6.07. The van der Waals surface area contributed by atoms with Crippen LogP contribution in [0.2, 0.25) is 0 Å². The molecule has 28 heavy (non-hydrogen) atoms. The van der Waals surface area contributed by atoms with E-state index < -0.39 is 0 Å². The number of oxime groups is 1. The maximum atomic E-state index is 5.45. The second-order valence-electron chi connectivity index (χ2n) is 6.07. The molecule has 0 amide bonds. The number of benzene rings is 1. The maximum Gasteiger partial charge on any atom is 0.192 e. The Morgan fingerprint density at radius 1 is 1.14 bits per heavy atom. The Labute approximate surface area is 160 Å². The van der Waals surface area contributed by atoms with Gasteiger partial charge in [0.2, 0.25) is 0 Å². The molecule has 0 fully saturated rings. The molecule has 0 saturated carbocycles. The molecule has 0 aliphatic heterocycles. The molecule has 3 heterocycles. The minimum atomic E-state index is 0.133. The third-order valence-corrected chi connectivity index (χ3v) is 4.31. The lowest BCUT2D eigenvalue weighted by molar-refractivity contribution is 0.125. The number of aryl methyl sites for hydroxylation is 1. The summed E-state index contributed by atoms with van der Waals surface area (Å²) in [4.78, 5) is 14.3. The van der Waals surface area contributed by atoms with Gasteiger partial charge in [0.05, 0.1) is 31.5 Å². The van der Waals surface area contributed by atoms with E-state index in [2.05, 4.69) is 25.3 Å². The zero-order valence-corrected chi connectivity index (χ0v) is 15.9. The quantitative estimate of drug-likeness (QED) is 0.372. The second kappa shape index (κ2) is 7.14. The number of methoxy groups -OCH3 is 2. The van der Waals surface area contributed by atoms with E-state index in [0.717, 1.165) is 16.6 Å². The van der Waals surface area contributed by atoms with Gasteiger partial charge in [-0.25, -0.2) is 14.5 Å². The van der Waals surface area contributed by atoms with Crippen molar-refractivity contribution >= 4 is 22.4 Å². The zero-order chi connectivity index (χ0) is 19.7. The van der Waals surface area contributed by atoms with Gasteiger partial charge in [0, 0.05) is 12.6 Å². The summed E-state index contributed by atoms with van der Waals surface area (Å²) >= 11 is 0. The molecule has 0 saturated heterocycles. The van der Waals surface area contributed by atoms with E-state index in [1.165, 1.54) is 0 Å². The van der Waals surface area contributed by atoms with E-state index in [0.29, 0.717) is 28.7 Å². The Morgan fingerprint density at radius 2 is 1.96 bits per heavy atom. The average molecular weight is 381 g/mol. The highest BCUT2D eigenvalue weighted by molar-refractivity contribution is 5.98. The molecular formula is C18H19N7O3. The summed E-state index contributed by atoms with van der Waals surface area (Å²) < 4.78 is 13.9. The highest BCUT2D eigenvalue weighted by Crippen LogP contribution is 2.27. The predicted molar refractivity (Wildman–Crippen MR) is 102 cm³/mol. The first-order valence-corrected chi connectivity index (χ1v) is 8.51. The van der Waals surface area contributed by atoms with E-state index in [1.54, 1.807) is 35.9 Å². The van der Waals surface area contributed by atoms with Crippen molar-refractivity contribution in [2.24, 2.45) is 12.2 Å². The number of fused-ring (bicyclic) bond motifs is 3. The lowest BCUT2D eigenvalue weighted by Crippen LogP contribution is -2.00. The average Bonchev–Trinajstić information content (AvgIpc) is 3.30. The van der Waals surface area contributed by atoms with Crippen LogP contribution in [0.5, 0.6) is 11.5 Å². The summed E-state index contributed by atoms with van der Waals surface area (Å²) in [5, 5.41) is 13.6. The van der Waals surface area contributed by atoms with Gasteiger partial charge in [0.1, 0.15) is 6.33 Å². The fourth-order valence-corrected chi connectivity index (χ4v) is 2.84. The summed E-state index contributed by atoms with van der Waals surface area (Å²) in [5.74, 6) is 1.79. The number of aromatic nitrogens is 6. The molecule has 0 unspecified atom stereocenters. The number of nitrogens with zero attached hydrogens (tertiary/aromatic N) is 7. The van der Waals surface area contributed by atoms with Crippen LogP contribution in [-0.2, 0) is 18.5 Å². The molecule has 10 nitrogen and oxygen atoms in total.